The van der Waals surface area contributed by atoms with Crippen molar-refractivity contribution in [1.29, 1.82) is 0 Å². The molecule has 2 aromatic rings. The molecule has 0 aliphatic carbocycles. The Morgan fingerprint density at radius 1 is 0.429 bits per heavy atom. The smallest absolute Gasteiger partial charge is 0.342 e. The molecule has 0 amide bonds. The highest BCUT2D eigenvalue weighted by molar-refractivity contribution is 7.80. The van der Waals surface area contributed by atoms with E-state index < -0.39 is 25.7 Å². The van der Waals surface area contributed by atoms with E-state index in [9.17, 15) is 25.5 Å². The summed E-state index contributed by atoms with van der Waals surface area (Å²) in [4.78, 5) is 0. The molecule has 5 N–H and O–H groups in total. The fourth-order valence-electron chi connectivity index (χ4n) is 7.15. The molecule has 0 fully saturated rings. The minimum absolute atomic E-state index is 0.00327. The van der Waals surface area contributed by atoms with E-state index in [0.29, 0.717) is 57.5 Å². The van der Waals surface area contributed by atoms with E-state index in [-0.39, 0.29) is 74.5 Å². The van der Waals surface area contributed by atoms with E-state index in [0.717, 1.165) is 55.4 Å². The molecule has 0 bridgehead atoms. The van der Waals surface area contributed by atoms with Crippen LogP contribution in [0.25, 0.3) is 0 Å². The third kappa shape index (κ3) is 24.0. The number of benzene rings is 2. The predicted octanol–water partition coefficient (Wildman–Crippen LogP) is 7.95. The minimum atomic E-state index is -2.87. The van der Waals surface area contributed by atoms with Crippen molar-refractivity contribution >= 4 is 38.3 Å². The summed E-state index contributed by atoms with van der Waals surface area (Å²) in [5.41, 5.74) is 2.37. The second-order valence-electron chi connectivity index (χ2n) is 19.0. The molecule has 0 aliphatic heterocycles. The maximum absolute atomic E-state index is 10.2. The Kier molecular flexibility index (Phi) is 30.1. The molecule has 0 saturated heterocycles. The molecular formula is C48H88O11SSi3. The molecule has 2 rings (SSSR count). The van der Waals surface area contributed by atoms with E-state index in [1.165, 1.54) is 5.56 Å². The van der Waals surface area contributed by atoms with Gasteiger partial charge in [0.1, 0.15) is 0 Å². The highest BCUT2D eigenvalue weighted by atomic mass is 32.1. The van der Waals surface area contributed by atoms with E-state index in [2.05, 4.69) is 57.7 Å². The Hall–Kier alpha value is -0.999. The fourth-order valence-corrected chi connectivity index (χ4v) is 18.9. The molecule has 2 aromatic carbocycles. The molecule has 0 radical (unpaired) electrons. The molecule has 10 unspecified atom stereocenters. The molecule has 63 heavy (non-hydrogen) atoms. The second-order valence-corrected chi connectivity index (χ2v) is 29.4. The monoisotopic (exact) mass is 957 g/mol. The molecule has 0 aromatic heterocycles. The van der Waals surface area contributed by atoms with Crippen LogP contribution in [0.1, 0.15) is 78.9 Å². The van der Waals surface area contributed by atoms with Gasteiger partial charge in [0.15, 0.2) is 0 Å². The first-order valence-corrected chi connectivity index (χ1v) is 31.1. The lowest BCUT2D eigenvalue weighted by molar-refractivity contribution is 0.0795. The summed E-state index contributed by atoms with van der Waals surface area (Å²) in [6, 6.07) is 25.0. The lowest BCUT2D eigenvalue weighted by Gasteiger charge is -2.36. The van der Waals surface area contributed by atoms with Crippen LogP contribution in [0.4, 0.5) is 0 Å². The Balaban J connectivity index is 2.33. The van der Waals surface area contributed by atoms with Gasteiger partial charge in [-0.3, -0.25) is 0 Å². The van der Waals surface area contributed by atoms with Crippen LogP contribution in [0, 0.1) is 41.4 Å². The molecule has 364 valence electrons. The summed E-state index contributed by atoms with van der Waals surface area (Å²) in [6.07, 6.45) is 3.25. The van der Waals surface area contributed by atoms with Gasteiger partial charge in [0, 0.05) is 102 Å². The molecule has 10 atom stereocenters. The van der Waals surface area contributed by atoms with Gasteiger partial charge in [0.05, 0.1) is 0 Å². The zero-order valence-corrected chi connectivity index (χ0v) is 43.9. The van der Waals surface area contributed by atoms with Gasteiger partial charge in [-0.25, -0.2) is 0 Å². The number of hydrogen-bond acceptors (Lipinski definition) is 12. The van der Waals surface area contributed by atoms with Crippen molar-refractivity contribution in [2.75, 3.05) is 78.4 Å². The number of hydrogen-bond donors (Lipinski definition) is 6. The van der Waals surface area contributed by atoms with Gasteiger partial charge >= 0.3 is 25.7 Å². The maximum atomic E-state index is 10.2. The summed E-state index contributed by atoms with van der Waals surface area (Å²) in [5.74, 6) is 0.917. The topological polar surface area (TPSA) is 157 Å². The average Bonchev–Trinajstić information content (AvgIpc) is 3.31. The first-order chi connectivity index (χ1) is 30.2. The molecular weight excluding hydrogens is 869 g/mol. The summed E-state index contributed by atoms with van der Waals surface area (Å²) in [5, 5.41) is 49.8. The van der Waals surface area contributed by atoms with Crippen LogP contribution >= 0.6 is 12.6 Å². The molecule has 0 heterocycles. The second kappa shape index (κ2) is 32.7. The molecule has 15 heteroatoms. The summed E-state index contributed by atoms with van der Waals surface area (Å²) in [6.45, 7) is 17.2. The average molecular weight is 958 g/mol. The van der Waals surface area contributed by atoms with Crippen molar-refractivity contribution in [3.05, 3.63) is 71.8 Å². The van der Waals surface area contributed by atoms with Gasteiger partial charge in [-0.05, 0) is 90.5 Å². The van der Waals surface area contributed by atoms with Crippen LogP contribution < -0.4 is 0 Å². The van der Waals surface area contributed by atoms with Gasteiger partial charge in [0.2, 0.25) is 0 Å². The van der Waals surface area contributed by atoms with Crippen molar-refractivity contribution in [3.63, 3.8) is 0 Å². The van der Waals surface area contributed by atoms with Gasteiger partial charge in [-0.2, -0.15) is 12.6 Å². The fraction of sp³-hybridized carbons (Fsp3) is 0.750. The van der Waals surface area contributed by atoms with Crippen LogP contribution in [0.2, 0.25) is 30.2 Å². The van der Waals surface area contributed by atoms with Crippen LogP contribution in [0.3, 0.4) is 0 Å². The molecule has 0 aliphatic rings. The number of thiol groups is 1. The van der Waals surface area contributed by atoms with Crippen molar-refractivity contribution in [2.24, 2.45) is 41.4 Å². The highest BCUT2D eigenvalue weighted by Gasteiger charge is 2.43. The number of aryl methyl sites for hydroxylation is 1. The van der Waals surface area contributed by atoms with Gasteiger partial charge in [-0.1, -0.05) is 109 Å². The number of rotatable bonds is 39. The van der Waals surface area contributed by atoms with Crippen molar-refractivity contribution in [1.82, 2.24) is 0 Å². The van der Waals surface area contributed by atoms with E-state index in [4.69, 9.17) is 26.6 Å². The number of aliphatic hydroxyl groups excluding tert-OH is 5. The third-order valence-corrected chi connectivity index (χ3v) is 22.7. The van der Waals surface area contributed by atoms with Gasteiger partial charge in [0.25, 0.3) is 0 Å². The first kappa shape index (κ1) is 58.1. The normalized spacial score (nSPS) is 18.4. The third-order valence-electron chi connectivity index (χ3n) is 11.7. The SMILES string of the molecule is CC(CO)CC[Si](Cc1ccccc1)(OCC(C)CO)OCC(C)CC[Si](CCCS)(OCC(C)CO)OCC(C)CO[Si](CCc1ccccc1)(CC(C)CO)OCC(C)CO. The Morgan fingerprint density at radius 3 is 1.30 bits per heavy atom. The predicted molar refractivity (Wildman–Crippen MR) is 265 cm³/mol. The lowest BCUT2D eigenvalue weighted by atomic mass is 10.1. The standard InChI is InChI=1S/C48H88O11SSi3/c1-40(27-49)19-25-63(58-35-44(5)30-52,39-48-17-12-9-13-18-48)56-32-41(2)20-24-61(23-14-22-60,54-33-42(3)28-50)55-36-46(7)37-59-62(38-45(6)31-53,57-34-43(4)29-51)26-21-47-15-10-8-11-16-47/h8-13,15-18,40-46,49-53,60H,14,19-39H2,1-7H3. The Morgan fingerprint density at radius 2 is 0.825 bits per heavy atom. The zero-order valence-electron chi connectivity index (χ0n) is 40.0. The van der Waals surface area contributed by atoms with Crippen molar-refractivity contribution in [3.8, 4) is 0 Å². The molecule has 0 saturated carbocycles. The quantitative estimate of drug-likeness (QED) is 0.0286. The number of aliphatic hydroxyl groups is 5. The van der Waals surface area contributed by atoms with Crippen molar-refractivity contribution in [2.45, 2.75) is 110 Å². The zero-order chi connectivity index (χ0) is 46.6. The maximum Gasteiger partial charge on any atom is 0.342 e. The Labute approximate surface area is 390 Å². The van der Waals surface area contributed by atoms with E-state index in [1.807, 2.05) is 64.1 Å². The van der Waals surface area contributed by atoms with Crippen LogP contribution in [0.15, 0.2) is 60.7 Å². The van der Waals surface area contributed by atoms with Crippen LogP contribution in [-0.2, 0) is 39.0 Å². The largest absolute Gasteiger partial charge is 0.396 e. The van der Waals surface area contributed by atoms with E-state index in [1.54, 1.807) is 0 Å². The van der Waals surface area contributed by atoms with Crippen LogP contribution in [0.5, 0.6) is 0 Å². The van der Waals surface area contributed by atoms with Crippen molar-refractivity contribution < 1.29 is 52.1 Å². The lowest BCUT2D eigenvalue weighted by Crippen LogP contribution is -2.48. The molecule has 0 spiro atoms. The summed E-state index contributed by atoms with van der Waals surface area (Å²) < 4.78 is 41.4. The molecule has 11 nitrogen and oxygen atoms in total. The summed E-state index contributed by atoms with van der Waals surface area (Å²) >= 11 is 4.60. The van der Waals surface area contributed by atoms with Crippen LogP contribution in [-0.4, -0.2) is 130 Å². The van der Waals surface area contributed by atoms with Gasteiger partial charge < -0.3 is 52.1 Å². The minimum Gasteiger partial charge on any atom is -0.396 e. The van der Waals surface area contributed by atoms with Gasteiger partial charge in [-0.15, -0.1) is 0 Å². The first-order valence-electron chi connectivity index (χ1n) is 23.8. The Bertz CT molecular complexity index is 1390. The van der Waals surface area contributed by atoms with E-state index >= 15 is 0 Å². The summed E-state index contributed by atoms with van der Waals surface area (Å²) in [7, 11) is -8.58. The highest BCUT2D eigenvalue weighted by Crippen LogP contribution is 2.32.